The second-order valence-corrected chi connectivity index (χ2v) is 5.51. The van der Waals surface area contributed by atoms with Gasteiger partial charge in [-0.2, -0.15) is 0 Å². The Labute approximate surface area is 112 Å². The van der Waals surface area contributed by atoms with Crippen molar-refractivity contribution in [3.8, 4) is 0 Å². The first-order valence-corrected chi connectivity index (χ1v) is 6.38. The molecule has 2 aromatic rings. The van der Waals surface area contributed by atoms with Crippen LogP contribution in [0.2, 0.25) is 0 Å². The Morgan fingerprint density at radius 1 is 1.42 bits per heavy atom. The van der Waals surface area contributed by atoms with E-state index in [1.807, 2.05) is 0 Å². The van der Waals surface area contributed by atoms with E-state index in [4.69, 9.17) is 4.74 Å². The maximum Gasteiger partial charge on any atom is 0.201 e. The molecule has 0 unspecified atom stereocenters. The summed E-state index contributed by atoms with van der Waals surface area (Å²) >= 11 is 0. The average Bonchev–Trinajstić information content (AvgIpc) is 2.76. The molecule has 1 heterocycles. The minimum Gasteiger partial charge on any atom is -0.385 e. The number of benzene rings is 1. The molecule has 0 amide bonds. The van der Waals surface area contributed by atoms with Crippen LogP contribution < -0.4 is 5.32 Å². The number of ether oxygens (including phenoxy) is 1. The van der Waals surface area contributed by atoms with Gasteiger partial charge in [-0.25, -0.2) is 9.37 Å². The first-order valence-electron chi connectivity index (χ1n) is 6.38. The van der Waals surface area contributed by atoms with Crippen LogP contribution in [0.15, 0.2) is 18.2 Å². The number of imidazole rings is 1. The molecule has 2 N–H and O–H groups in total. The van der Waals surface area contributed by atoms with Crippen LogP contribution in [0.1, 0.15) is 20.3 Å². The number of H-pyrrole nitrogens is 1. The topological polar surface area (TPSA) is 49.9 Å². The molecule has 1 aromatic carbocycles. The van der Waals surface area contributed by atoms with Crippen molar-refractivity contribution in [1.82, 2.24) is 9.97 Å². The molecular weight excluding hydrogens is 245 g/mol. The van der Waals surface area contributed by atoms with E-state index in [0.29, 0.717) is 11.5 Å². The van der Waals surface area contributed by atoms with Crippen molar-refractivity contribution in [3.05, 3.63) is 24.0 Å². The number of fused-ring (bicyclic) bond motifs is 1. The third-order valence-electron chi connectivity index (χ3n) is 3.16. The molecule has 0 saturated heterocycles. The van der Waals surface area contributed by atoms with Crippen molar-refractivity contribution in [2.45, 2.75) is 20.3 Å². The lowest BCUT2D eigenvalue weighted by molar-refractivity contribution is 0.157. The van der Waals surface area contributed by atoms with Gasteiger partial charge in [-0.1, -0.05) is 13.8 Å². The summed E-state index contributed by atoms with van der Waals surface area (Å²) in [5.41, 5.74) is 1.58. The highest BCUT2D eigenvalue weighted by Gasteiger charge is 2.17. The maximum atomic E-state index is 13.1. The summed E-state index contributed by atoms with van der Waals surface area (Å²) in [4.78, 5) is 7.44. The summed E-state index contributed by atoms with van der Waals surface area (Å²) in [5, 5.41) is 3.26. The number of anilines is 1. The molecule has 0 fully saturated rings. The van der Waals surface area contributed by atoms with Gasteiger partial charge in [0.1, 0.15) is 5.82 Å². The SMILES string of the molecule is COCCC(C)(C)CNc1nc2ccc(F)cc2[nH]1. The molecule has 1 aromatic heterocycles. The van der Waals surface area contributed by atoms with E-state index in [1.165, 1.54) is 12.1 Å². The summed E-state index contributed by atoms with van der Waals surface area (Å²) in [6, 6.07) is 4.53. The number of aromatic nitrogens is 2. The average molecular weight is 265 g/mol. The minimum atomic E-state index is -0.261. The van der Waals surface area contributed by atoms with E-state index in [9.17, 15) is 4.39 Å². The van der Waals surface area contributed by atoms with Gasteiger partial charge >= 0.3 is 0 Å². The quantitative estimate of drug-likeness (QED) is 0.843. The predicted octanol–water partition coefficient (Wildman–Crippen LogP) is 3.18. The zero-order chi connectivity index (χ0) is 13.9. The number of hydrogen-bond donors (Lipinski definition) is 2. The van der Waals surface area contributed by atoms with Crippen molar-refractivity contribution >= 4 is 17.0 Å². The van der Waals surface area contributed by atoms with Crippen LogP contribution in [-0.4, -0.2) is 30.2 Å². The first-order chi connectivity index (χ1) is 9.00. The van der Waals surface area contributed by atoms with E-state index in [1.54, 1.807) is 13.2 Å². The summed E-state index contributed by atoms with van der Waals surface area (Å²) in [6.07, 6.45) is 0.964. The zero-order valence-electron chi connectivity index (χ0n) is 11.6. The van der Waals surface area contributed by atoms with Gasteiger partial charge in [0.05, 0.1) is 11.0 Å². The Morgan fingerprint density at radius 3 is 2.95 bits per heavy atom. The zero-order valence-corrected chi connectivity index (χ0v) is 11.6. The lowest BCUT2D eigenvalue weighted by Crippen LogP contribution is -2.25. The maximum absolute atomic E-state index is 13.1. The molecule has 0 atom stereocenters. The highest BCUT2D eigenvalue weighted by molar-refractivity contribution is 5.77. The van der Waals surface area contributed by atoms with Crippen LogP contribution in [0, 0.1) is 11.2 Å². The number of rotatable bonds is 6. The molecule has 2 rings (SSSR count). The monoisotopic (exact) mass is 265 g/mol. The number of hydrogen-bond acceptors (Lipinski definition) is 3. The number of methoxy groups -OCH3 is 1. The Morgan fingerprint density at radius 2 is 2.21 bits per heavy atom. The largest absolute Gasteiger partial charge is 0.385 e. The Balaban J connectivity index is 2.01. The molecule has 0 spiro atoms. The van der Waals surface area contributed by atoms with Crippen LogP contribution in [-0.2, 0) is 4.74 Å². The molecule has 0 saturated carbocycles. The van der Waals surface area contributed by atoms with Crippen LogP contribution in [0.5, 0.6) is 0 Å². The van der Waals surface area contributed by atoms with Gasteiger partial charge in [-0.15, -0.1) is 0 Å². The first kappa shape index (κ1) is 13.8. The van der Waals surface area contributed by atoms with Crippen molar-refractivity contribution in [2.24, 2.45) is 5.41 Å². The fraction of sp³-hybridized carbons (Fsp3) is 0.500. The molecule has 19 heavy (non-hydrogen) atoms. The van der Waals surface area contributed by atoms with Gasteiger partial charge in [0, 0.05) is 20.3 Å². The second kappa shape index (κ2) is 5.57. The van der Waals surface area contributed by atoms with Crippen LogP contribution in [0.3, 0.4) is 0 Å². The minimum absolute atomic E-state index is 0.111. The Kier molecular flexibility index (Phi) is 4.04. The molecule has 0 aliphatic heterocycles. The number of nitrogens with zero attached hydrogens (tertiary/aromatic N) is 1. The summed E-state index contributed by atoms with van der Waals surface area (Å²) < 4.78 is 18.2. The molecule has 4 nitrogen and oxygen atoms in total. The van der Waals surface area contributed by atoms with E-state index < -0.39 is 0 Å². The van der Waals surface area contributed by atoms with Crippen LogP contribution in [0.25, 0.3) is 11.0 Å². The molecule has 0 bridgehead atoms. The van der Waals surface area contributed by atoms with Gasteiger partial charge in [-0.3, -0.25) is 0 Å². The van der Waals surface area contributed by atoms with E-state index in [-0.39, 0.29) is 11.2 Å². The Hall–Kier alpha value is -1.62. The highest BCUT2D eigenvalue weighted by atomic mass is 19.1. The summed E-state index contributed by atoms with van der Waals surface area (Å²) in [6.45, 7) is 5.85. The third kappa shape index (κ3) is 3.67. The predicted molar refractivity (Wildman–Crippen MR) is 74.8 cm³/mol. The normalized spacial score (nSPS) is 12.0. The van der Waals surface area contributed by atoms with Crippen molar-refractivity contribution in [3.63, 3.8) is 0 Å². The van der Waals surface area contributed by atoms with Crippen LogP contribution in [0.4, 0.5) is 10.3 Å². The lowest BCUT2D eigenvalue weighted by Gasteiger charge is -2.24. The van der Waals surface area contributed by atoms with Crippen LogP contribution >= 0.6 is 0 Å². The molecule has 104 valence electrons. The Bertz CT molecular complexity index is 551. The number of halogens is 1. The van der Waals surface area contributed by atoms with Gasteiger partial charge < -0.3 is 15.0 Å². The molecule has 0 aliphatic rings. The smallest absolute Gasteiger partial charge is 0.201 e. The number of nitrogens with one attached hydrogen (secondary N) is 2. The molecule has 5 heteroatoms. The second-order valence-electron chi connectivity index (χ2n) is 5.51. The summed E-state index contributed by atoms with van der Waals surface area (Å²) in [7, 11) is 1.71. The lowest BCUT2D eigenvalue weighted by atomic mass is 9.90. The van der Waals surface area contributed by atoms with Crippen molar-refractivity contribution in [1.29, 1.82) is 0 Å². The third-order valence-corrected chi connectivity index (χ3v) is 3.16. The standard InChI is InChI=1S/C14H20FN3O/c1-14(2,6-7-19-3)9-16-13-17-11-5-4-10(15)8-12(11)18-13/h4-5,8H,6-7,9H2,1-3H3,(H2,16,17,18). The van der Waals surface area contributed by atoms with E-state index >= 15 is 0 Å². The van der Waals surface area contributed by atoms with Gasteiger partial charge in [-0.05, 0) is 30.0 Å². The van der Waals surface area contributed by atoms with Gasteiger partial charge in [0.25, 0.3) is 0 Å². The van der Waals surface area contributed by atoms with Crippen molar-refractivity contribution < 1.29 is 9.13 Å². The fourth-order valence-corrected chi connectivity index (χ4v) is 1.86. The highest BCUT2D eigenvalue weighted by Crippen LogP contribution is 2.21. The van der Waals surface area contributed by atoms with Gasteiger partial charge in [0.2, 0.25) is 5.95 Å². The number of aromatic amines is 1. The molecule has 0 radical (unpaired) electrons. The summed E-state index contributed by atoms with van der Waals surface area (Å²) in [5.74, 6) is 0.411. The van der Waals surface area contributed by atoms with Crippen molar-refractivity contribution in [2.75, 3.05) is 25.6 Å². The van der Waals surface area contributed by atoms with E-state index in [2.05, 4.69) is 29.1 Å². The fourth-order valence-electron chi connectivity index (χ4n) is 1.86. The van der Waals surface area contributed by atoms with E-state index in [0.717, 1.165) is 25.1 Å². The molecule has 0 aliphatic carbocycles. The van der Waals surface area contributed by atoms with Gasteiger partial charge in [0.15, 0.2) is 0 Å². The molecular formula is C14H20FN3O.